The molecule has 0 aliphatic heterocycles. The van der Waals surface area contributed by atoms with Crippen LogP contribution in [0.2, 0.25) is 0 Å². The van der Waals surface area contributed by atoms with Gasteiger partial charge in [-0.3, -0.25) is 0 Å². The van der Waals surface area contributed by atoms with Crippen LogP contribution in [-0.4, -0.2) is 20.2 Å². The van der Waals surface area contributed by atoms with Gasteiger partial charge in [0.1, 0.15) is 12.4 Å². The minimum Gasteiger partial charge on any atom is -0.496 e. The third-order valence-corrected chi connectivity index (χ3v) is 1.67. The highest BCUT2D eigenvalue weighted by molar-refractivity contribution is 5.57. The zero-order valence-corrected chi connectivity index (χ0v) is 7.90. The molecule has 0 aromatic heterocycles. The second kappa shape index (κ2) is 5.80. The average Bonchev–Trinajstić information content (AvgIpc) is 2.25. The van der Waals surface area contributed by atoms with Crippen LogP contribution in [0.5, 0.6) is 5.75 Å². The van der Waals surface area contributed by atoms with Gasteiger partial charge < -0.3 is 9.47 Å². The number of ether oxygens (including phenoxy) is 2. The van der Waals surface area contributed by atoms with E-state index >= 15 is 0 Å². The Morgan fingerprint density at radius 3 is 2.93 bits per heavy atom. The SMILES string of the molecule is COc1ccccc1C=CCO[C]=O. The molecule has 14 heavy (non-hydrogen) atoms. The molecule has 0 N–H and O–H groups in total. The van der Waals surface area contributed by atoms with Crippen molar-refractivity contribution in [3.8, 4) is 5.75 Å². The van der Waals surface area contributed by atoms with Crippen molar-refractivity contribution in [2.45, 2.75) is 0 Å². The fourth-order valence-electron chi connectivity index (χ4n) is 1.06. The van der Waals surface area contributed by atoms with E-state index in [1.54, 1.807) is 13.2 Å². The summed E-state index contributed by atoms with van der Waals surface area (Å²) in [5, 5.41) is 0. The lowest BCUT2D eigenvalue weighted by Gasteiger charge is -2.02. The van der Waals surface area contributed by atoms with Crippen LogP contribution in [0.15, 0.2) is 30.3 Å². The van der Waals surface area contributed by atoms with Crippen LogP contribution >= 0.6 is 0 Å². The molecule has 0 saturated carbocycles. The van der Waals surface area contributed by atoms with Crippen molar-refractivity contribution < 1.29 is 14.3 Å². The van der Waals surface area contributed by atoms with E-state index in [1.807, 2.05) is 30.3 Å². The molecule has 1 aromatic carbocycles. The summed E-state index contributed by atoms with van der Waals surface area (Å²) in [6, 6.07) is 7.59. The van der Waals surface area contributed by atoms with Gasteiger partial charge in [-0.25, -0.2) is 4.79 Å². The number of benzene rings is 1. The molecule has 0 fully saturated rings. The summed E-state index contributed by atoms with van der Waals surface area (Å²) >= 11 is 0. The summed E-state index contributed by atoms with van der Waals surface area (Å²) in [7, 11) is 1.61. The molecule has 3 heteroatoms. The number of para-hydroxylation sites is 1. The monoisotopic (exact) mass is 191 g/mol. The quantitative estimate of drug-likeness (QED) is 0.665. The Bertz CT molecular complexity index is 318. The lowest BCUT2D eigenvalue weighted by atomic mass is 10.2. The first kappa shape index (κ1) is 10.3. The van der Waals surface area contributed by atoms with E-state index < -0.39 is 0 Å². The van der Waals surface area contributed by atoms with Crippen molar-refractivity contribution in [1.29, 1.82) is 0 Å². The molecular formula is C11H11O3. The minimum absolute atomic E-state index is 0.224. The van der Waals surface area contributed by atoms with E-state index in [-0.39, 0.29) is 6.61 Å². The molecule has 0 unspecified atom stereocenters. The van der Waals surface area contributed by atoms with Crippen LogP contribution in [0.4, 0.5) is 0 Å². The number of carbonyl (C=O) groups excluding carboxylic acids is 1. The number of hydrogen-bond donors (Lipinski definition) is 0. The van der Waals surface area contributed by atoms with Gasteiger partial charge in [-0.2, -0.15) is 0 Å². The number of hydrogen-bond acceptors (Lipinski definition) is 3. The average molecular weight is 191 g/mol. The van der Waals surface area contributed by atoms with E-state index in [0.29, 0.717) is 0 Å². The van der Waals surface area contributed by atoms with Crippen LogP contribution in [0, 0.1) is 0 Å². The molecule has 1 rings (SSSR count). The Labute approximate surface area is 83.0 Å². The van der Waals surface area contributed by atoms with Gasteiger partial charge in [0.2, 0.25) is 0 Å². The fraction of sp³-hybridized carbons (Fsp3) is 0.182. The summed E-state index contributed by atoms with van der Waals surface area (Å²) in [6.45, 7) is 1.57. The summed E-state index contributed by atoms with van der Waals surface area (Å²) in [6.07, 6.45) is 3.55. The van der Waals surface area contributed by atoms with E-state index in [4.69, 9.17) is 4.74 Å². The van der Waals surface area contributed by atoms with Gasteiger partial charge in [0, 0.05) is 5.56 Å². The fourth-order valence-corrected chi connectivity index (χ4v) is 1.06. The van der Waals surface area contributed by atoms with Gasteiger partial charge in [-0.15, -0.1) is 0 Å². The first-order chi connectivity index (χ1) is 6.88. The van der Waals surface area contributed by atoms with E-state index in [1.165, 1.54) is 6.47 Å². The third-order valence-electron chi connectivity index (χ3n) is 1.67. The first-order valence-electron chi connectivity index (χ1n) is 4.17. The Kier molecular flexibility index (Phi) is 4.27. The predicted octanol–water partition coefficient (Wildman–Crippen LogP) is 1.79. The Balaban J connectivity index is 2.65. The van der Waals surface area contributed by atoms with Crippen LogP contribution in [0.3, 0.4) is 0 Å². The molecule has 0 bridgehead atoms. The molecule has 0 atom stereocenters. The molecular weight excluding hydrogens is 180 g/mol. The van der Waals surface area contributed by atoms with Crippen LogP contribution in [-0.2, 0) is 9.53 Å². The van der Waals surface area contributed by atoms with Crippen molar-refractivity contribution >= 4 is 12.5 Å². The molecule has 0 amide bonds. The molecule has 0 heterocycles. The minimum atomic E-state index is 0.224. The molecule has 0 aliphatic rings. The predicted molar refractivity (Wildman–Crippen MR) is 53.7 cm³/mol. The summed E-state index contributed by atoms with van der Waals surface area (Å²) in [5.74, 6) is 0.791. The second-order valence-electron chi connectivity index (χ2n) is 2.54. The molecule has 1 aromatic rings. The maximum atomic E-state index is 9.73. The topological polar surface area (TPSA) is 35.5 Å². The zero-order valence-electron chi connectivity index (χ0n) is 7.90. The van der Waals surface area contributed by atoms with E-state index in [0.717, 1.165) is 11.3 Å². The van der Waals surface area contributed by atoms with Gasteiger partial charge in [-0.05, 0) is 12.1 Å². The van der Waals surface area contributed by atoms with Crippen molar-refractivity contribution in [3.05, 3.63) is 35.9 Å². The lowest BCUT2D eigenvalue weighted by Crippen LogP contribution is -1.88. The molecule has 0 saturated heterocycles. The Morgan fingerprint density at radius 1 is 1.43 bits per heavy atom. The van der Waals surface area contributed by atoms with Gasteiger partial charge in [0.15, 0.2) is 0 Å². The standard InChI is InChI=1S/C11H11O3/c1-13-11-7-3-2-5-10(11)6-4-8-14-9-12/h2-7H,8H2,1H3. The summed E-state index contributed by atoms with van der Waals surface area (Å²) < 4.78 is 9.53. The molecule has 3 nitrogen and oxygen atoms in total. The Hall–Kier alpha value is -1.77. The summed E-state index contributed by atoms with van der Waals surface area (Å²) in [4.78, 5) is 9.73. The third kappa shape index (κ3) is 2.94. The van der Waals surface area contributed by atoms with Gasteiger partial charge in [0.25, 0.3) is 0 Å². The van der Waals surface area contributed by atoms with E-state index in [9.17, 15) is 4.79 Å². The van der Waals surface area contributed by atoms with Crippen molar-refractivity contribution in [2.24, 2.45) is 0 Å². The van der Waals surface area contributed by atoms with Gasteiger partial charge >= 0.3 is 6.47 Å². The van der Waals surface area contributed by atoms with Crippen LogP contribution in [0.25, 0.3) is 6.08 Å². The number of rotatable bonds is 5. The highest BCUT2D eigenvalue weighted by Crippen LogP contribution is 2.18. The van der Waals surface area contributed by atoms with Crippen molar-refractivity contribution in [2.75, 3.05) is 13.7 Å². The molecule has 1 radical (unpaired) electrons. The van der Waals surface area contributed by atoms with E-state index in [2.05, 4.69) is 4.74 Å². The maximum absolute atomic E-state index is 9.73. The highest BCUT2D eigenvalue weighted by Gasteiger charge is 1.95. The lowest BCUT2D eigenvalue weighted by molar-refractivity contribution is 0.314. The normalized spacial score (nSPS) is 10.1. The highest BCUT2D eigenvalue weighted by atomic mass is 16.5. The maximum Gasteiger partial charge on any atom is 0.417 e. The first-order valence-corrected chi connectivity index (χ1v) is 4.17. The van der Waals surface area contributed by atoms with Crippen LogP contribution < -0.4 is 4.74 Å². The zero-order chi connectivity index (χ0) is 10.2. The number of methoxy groups -OCH3 is 1. The second-order valence-corrected chi connectivity index (χ2v) is 2.54. The van der Waals surface area contributed by atoms with Crippen molar-refractivity contribution in [1.82, 2.24) is 0 Å². The van der Waals surface area contributed by atoms with Gasteiger partial charge in [-0.1, -0.05) is 24.3 Å². The molecule has 73 valence electrons. The summed E-state index contributed by atoms with van der Waals surface area (Å²) in [5.41, 5.74) is 0.949. The van der Waals surface area contributed by atoms with Gasteiger partial charge in [0.05, 0.1) is 7.11 Å². The van der Waals surface area contributed by atoms with Crippen molar-refractivity contribution in [3.63, 3.8) is 0 Å². The largest absolute Gasteiger partial charge is 0.496 e. The van der Waals surface area contributed by atoms with Crippen LogP contribution in [0.1, 0.15) is 5.56 Å². The smallest absolute Gasteiger partial charge is 0.417 e. The molecule has 0 spiro atoms. The Morgan fingerprint density at radius 2 is 2.21 bits per heavy atom. The molecule has 0 aliphatic carbocycles.